The number of likely N-dealkylation sites (N-methyl/N-ethyl adjacent to an activating group) is 1. The van der Waals surface area contributed by atoms with Crippen molar-refractivity contribution in [3.63, 3.8) is 0 Å². The van der Waals surface area contributed by atoms with Crippen LogP contribution in [0.25, 0.3) is 0 Å². The summed E-state index contributed by atoms with van der Waals surface area (Å²) >= 11 is 6.07. The SMILES string of the molecule is CCNC(CC1=CCCCC1)Cc1cccc(Cl)c1. The van der Waals surface area contributed by atoms with Gasteiger partial charge in [-0.05, 0) is 62.8 Å². The molecule has 0 heterocycles. The van der Waals surface area contributed by atoms with E-state index in [0.29, 0.717) is 6.04 Å². The molecule has 19 heavy (non-hydrogen) atoms. The first-order valence-electron chi connectivity index (χ1n) is 7.43. The molecule has 0 spiro atoms. The minimum Gasteiger partial charge on any atom is -0.314 e. The Bertz CT molecular complexity index is 425. The number of benzene rings is 1. The average Bonchev–Trinajstić information content (AvgIpc) is 2.40. The van der Waals surface area contributed by atoms with Crippen molar-refractivity contribution in [1.29, 1.82) is 0 Å². The van der Waals surface area contributed by atoms with Crippen LogP contribution in [0.4, 0.5) is 0 Å². The van der Waals surface area contributed by atoms with Crippen LogP contribution in [0.1, 0.15) is 44.6 Å². The minimum absolute atomic E-state index is 0.535. The van der Waals surface area contributed by atoms with E-state index in [9.17, 15) is 0 Å². The normalized spacial score (nSPS) is 17.1. The van der Waals surface area contributed by atoms with E-state index < -0.39 is 0 Å². The fourth-order valence-corrected chi connectivity index (χ4v) is 3.07. The van der Waals surface area contributed by atoms with E-state index in [1.165, 1.54) is 37.7 Å². The predicted molar refractivity (Wildman–Crippen MR) is 83.8 cm³/mol. The van der Waals surface area contributed by atoms with Gasteiger partial charge in [-0.25, -0.2) is 0 Å². The summed E-state index contributed by atoms with van der Waals surface area (Å²) < 4.78 is 0. The molecule has 1 aliphatic carbocycles. The Morgan fingerprint density at radius 2 is 2.16 bits per heavy atom. The van der Waals surface area contributed by atoms with Gasteiger partial charge >= 0.3 is 0 Å². The zero-order valence-corrected chi connectivity index (χ0v) is 12.5. The van der Waals surface area contributed by atoms with Crippen LogP contribution in [-0.4, -0.2) is 12.6 Å². The summed E-state index contributed by atoms with van der Waals surface area (Å²) in [5.41, 5.74) is 2.97. The summed E-state index contributed by atoms with van der Waals surface area (Å²) in [6, 6.07) is 8.78. The third-order valence-corrected chi connectivity index (χ3v) is 3.99. The van der Waals surface area contributed by atoms with E-state index in [2.05, 4.69) is 30.4 Å². The molecule has 2 heteroatoms. The molecule has 0 fully saturated rings. The van der Waals surface area contributed by atoms with E-state index in [4.69, 9.17) is 11.6 Å². The molecular formula is C17H24ClN. The van der Waals surface area contributed by atoms with Gasteiger partial charge in [-0.15, -0.1) is 0 Å². The average molecular weight is 278 g/mol. The molecule has 1 nitrogen and oxygen atoms in total. The van der Waals surface area contributed by atoms with E-state index in [1.54, 1.807) is 5.57 Å². The Labute approximate surface area is 122 Å². The Hall–Kier alpha value is -0.790. The van der Waals surface area contributed by atoms with Crippen molar-refractivity contribution < 1.29 is 0 Å². The highest BCUT2D eigenvalue weighted by Gasteiger charge is 2.13. The lowest BCUT2D eigenvalue weighted by molar-refractivity contribution is 0.504. The fourth-order valence-electron chi connectivity index (χ4n) is 2.86. The van der Waals surface area contributed by atoms with Gasteiger partial charge in [-0.2, -0.15) is 0 Å². The fraction of sp³-hybridized carbons (Fsp3) is 0.529. The quantitative estimate of drug-likeness (QED) is 0.740. The lowest BCUT2D eigenvalue weighted by Crippen LogP contribution is -2.31. The standard InChI is InChI=1S/C17H24ClN/c1-2-19-17(12-14-7-4-3-5-8-14)13-15-9-6-10-16(18)11-15/h6-7,9-11,17,19H,2-5,8,12-13H2,1H3. The van der Waals surface area contributed by atoms with Crippen molar-refractivity contribution in [3.8, 4) is 0 Å². The van der Waals surface area contributed by atoms with Crippen LogP contribution < -0.4 is 5.32 Å². The number of rotatable bonds is 6. The summed E-state index contributed by atoms with van der Waals surface area (Å²) in [4.78, 5) is 0. The van der Waals surface area contributed by atoms with Crippen LogP contribution in [0.2, 0.25) is 5.02 Å². The van der Waals surface area contributed by atoms with Crippen LogP contribution in [-0.2, 0) is 6.42 Å². The maximum Gasteiger partial charge on any atom is 0.0408 e. The maximum absolute atomic E-state index is 6.07. The highest BCUT2D eigenvalue weighted by atomic mass is 35.5. The first kappa shape index (κ1) is 14.6. The summed E-state index contributed by atoms with van der Waals surface area (Å²) in [5.74, 6) is 0. The lowest BCUT2D eigenvalue weighted by atomic mass is 9.92. The summed E-state index contributed by atoms with van der Waals surface area (Å²) in [7, 11) is 0. The van der Waals surface area contributed by atoms with Gasteiger partial charge in [-0.3, -0.25) is 0 Å². The first-order chi connectivity index (χ1) is 9.28. The smallest absolute Gasteiger partial charge is 0.0408 e. The van der Waals surface area contributed by atoms with Crippen molar-refractivity contribution in [2.75, 3.05) is 6.54 Å². The molecule has 1 N–H and O–H groups in total. The second-order valence-electron chi connectivity index (χ2n) is 5.40. The molecule has 0 amide bonds. The van der Waals surface area contributed by atoms with Gasteiger partial charge in [0.05, 0.1) is 0 Å². The maximum atomic E-state index is 6.07. The molecule has 1 aromatic rings. The molecule has 104 valence electrons. The number of nitrogens with one attached hydrogen (secondary N) is 1. The van der Waals surface area contributed by atoms with Crippen molar-refractivity contribution in [2.45, 2.75) is 51.5 Å². The topological polar surface area (TPSA) is 12.0 Å². The Morgan fingerprint density at radius 1 is 1.26 bits per heavy atom. The second-order valence-corrected chi connectivity index (χ2v) is 5.84. The third kappa shape index (κ3) is 5.00. The zero-order chi connectivity index (χ0) is 13.5. The van der Waals surface area contributed by atoms with Gasteiger partial charge in [0.15, 0.2) is 0 Å². The summed E-state index contributed by atoms with van der Waals surface area (Å²) in [5, 5.41) is 4.45. The van der Waals surface area contributed by atoms with Crippen molar-refractivity contribution in [3.05, 3.63) is 46.5 Å². The molecule has 0 bridgehead atoms. The van der Waals surface area contributed by atoms with Crippen LogP contribution >= 0.6 is 11.6 Å². The van der Waals surface area contributed by atoms with Crippen LogP contribution in [0.5, 0.6) is 0 Å². The van der Waals surface area contributed by atoms with Crippen LogP contribution in [0.3, 0.4) is 0 Å². The third-order valence-electron chi connectivity index (χ3n) is 3.76. The van der Waals surface area contributed by atoms with Crippen molar-refractivity contribution in [2.24, 2.45) is 0 Å². The van der Waals surface area contributed by atoms with Gasteiger partial charge in [0.2, 0.25) is 0 Å². The van der Waals surface area contributed by atoms with E-state index in [1.807, 2.05) is 12.1 Å². The van der Waals surface area contributed by atoms with E-state index >= 15 is 0 Å². The first-order valence-corrected chi connectivity index (χ1v) is 7.81. The molecule has 0 saturated carbocycles. The Kier molecular flexibility index (Phi) is 5.93. The highest BCUT2D eigenvalue weighted by molar-refractivity contribution is 6.30. The summed E-state index contributed by atoms with van der Waals surface area (Å²) in [6.45, 7) is 3.21. The van der Waals surface area contributed by atoms with Gasteiger partial charge in [0, 0.05) is 11.1 Å². The zero-order valence-electron chi connectivity index (χ0n) is 11.8. The van der Waals surface area contributed by atoms with E-state index in [0.717, 1.165) is 18.0 Å². The molecule has 0 aliphatic heterocycles. The molecule has 0 aromatic heterocycles. The number of halogens is 1. The molecular weight excluding hydrogens is 254 g/mol. The number of hydrogen-bond donors (Lipinski definition) is 1. The second kappa shape index (κ2) is 7.72. The predicted octanol–water partition coefficient (Wildman–Crippen LogP) is 4.75. The van der Waals surface area contributed by atoms with Crippen LogP contribution in [0, 0.1) is 0 Å². The van der Waals surface area contributed by atoms with Gasteiger partial charge in [0.1, 0.15) is 0 Å². The minimum atomic E-state index is 0.535. The largest absolute Gasteiger partial charge is 0.314 e. The molecule has 0 saturated heterocycles. The lowest BCUT2D eigenvalue weighted by Gasteiger charge is -2.21. The van der Waals surface area contributed by atoms with Gasteiger partial charge in [0.25, 0.3) is 0 Å². The Balaban J connectivity index is 1.97. The molecule has 2 rings (SSSR count). The molecule has 0 radical (unpaired) electrons. The monoisotopic (exact) mass is 277 g/mol. The van der Waals surface area contributed by atoms with E-state index in [-0.39, 0.29) is 0 Å². The summed E-state index contributed by atoms with van der Waals surface area (Å²) in [6.07, 6.45) is 9.98. The molecule has 1 aliphatic rings. The molecule has 1 atom stereocenters. The van der Waals surface area contributed by atoms with Gasteiger partial charge in [-0.1, -0.05) is 42.3 Å². The van der Waals surface area contributed by atoms with Crippen molar-refractivity contribution in [1.82, 2.24) is 5.32 Å². The Morgan fingerprint density at radius 3 is 2.84 bits per heavy atom. The van der Waals surface area contributed by atoms with Crippen molar-refractivity contribution >= 4 is 11.6 Å². The molecule has 1 unspecified atom stereocenters. The number of allylic oxidation sites excluding steroid dienone is 1. The number of hydrogen-bond acceptors (Lipinski definition) is 1. The molecule has 1 aromatic carbocycles. The highest BCUT2D eigenvalue weighted by Crippen LogP contribution is 2.23. The van der Waals surface area contributed by atoms with Crippen LogP contribution in [0.15, 0.2) is 35.9 Å². The van der Waals surface area contributed by atoms with Gasteiger partial charge < -0.3 is 5.32 Å².